The van der Waals surface area contributed by atoms with Crippen LogP contribution in [0.4, 0.5) is 11.4 Å². The summed E-state index contributed by atoms with van der Waals surface area (Å²) in [5.74, 6) is 0.198. The van der Waals surface area contributed by atoms with E-state index in [0.29, 0.717) is 39.5 Å². The molecule has 0 aliphatic carbocycles. The standard InChI is InChI=1S/C23H21N3O4S/c1-30-20-8-9-24-19(20)13-16-22-15(5-2-10-27)17(6-7-18(22)26-23(16)29)25-21(28)12-14-4-3-11-31-14/h2-9,11,13,24,27H,10,12H2,1H3,(H,25,28)(H,26,29)/b5-2+,16-13-. The highest BCUT2D eigenvalue weighted by Crippen LogP contribution is 2.40. The Balaban J connectivity index is 1.76. The van der Waals surface area contributed by atoms with Crippen molar-refractivity contribution in [2.45, 2.75) is 6.42 Å². The van der Waals surface area contributed by atoms with Gasteiger partial charge in [0.15, 0.2) is 0 Å². The highest BCUT2D eigenvalue weighted by atomic mass is 32.1. The predicted molar refractivity (Wildman–Crippen MR) is 123 cm³/mol. The molecule has 4 rings (SSSR count). The van der Waals surface area contributed by atoms with Gasteiger partial charge in [0.1, 0.15) is 5.75 Å². The van der Waals surface area contributed by atoms with E-state index in [9.17, 15) is 14.7 Å². The first-order valence-corrected chi connectivity index (χ1v) is 10.5. The monoisotopic (exact) mass is 435 g/mol. The Morgan fingerprint density at radius 1 is 1.29 bits per heavy atom. The maximum atomic E-state index is 12.7. The molecule has 2 amide bonds. The van der Waals surface area contributed by atoms with E-state index in [1.165, 1.54) is 11.3 Å². The van der Waals surface area contributed by atoms with E-state index < -0.39 is 0 Å². The van der Waals surface area contributed by atoms with Gasteiger partial charge < -0.3 is 25.5 Å². The van der Waals surface area contributed by atoms with Gasteiger partial charge in [0, 0.05) is 33.6 Å². The van der Waals surface area contributed by atoms with Crippen molar-refractivity contribution in [1.82, 2.24) is 4.98 Å². The van der Waals surface area contributed by atoms with Crippen molar-refractivity contribution in [2.24, 2.45) is 0 Å². The van der Waals surface area contributed by atoms with Crippen LogP contribution in [0.3, 0.4) is 0 Å². The van der Waals surface area contributed by atoms with Gasteiger partial charge >= 0.3 is 0 Å². The maximum absolute atomic E-state index is 12.7. The lowest BCUT2D eigenvalue weighted by Gasteiger charge is -2.13. The van der Waals surface area contributed by atoms with Crippen LogP contribution in [0.1, 0.15) is 21.7 Å². The fourth-order valence-corrected chi connectivity index (χ4v) is 4.18. The third-order valence-corrected chi connectivity index (χ3v) is 5.71. The molecule has 1 aromatic carbocycles. The van der Waals surface area contributed by atoms with Crippen molar-refractivity contribution in [2.75, 3.05) is 24.4 Å². The molecule has 3 heterocycles. The van der Waals surface area contributed by atoms with Crippen molar-refractivity contribution in [3.8, 4) is 5.75 Å². The number of methoxy groups -OCH3 is 1. The van der Waals surface area contributed by atoms with E-state index >= 15 is 0 Å². The summed E-state index contributed by atoms with van der Waals surface area (Å²) in [6, 6.07) is 9.10. The SMILES string of the molecule is COc1cc[nH]c1/C=C1\C(=O)Nc2ccc(NC(=O)Cc3cccs3)c(/C=C/CO)c21. The summed E-state index contributed by atoms with van der Waals surface area (Å²) < 4.78 is 5.33. The van der Waals surface area contributed by atoms with Gasteiger partial charge in [-0.2, -0.15) is 0 Å². The van der Waals surface area contributed by atoms with Gasteiger partial charge in [-0.25, -0.2) is 0 Å². The van der Waals surface area contributed by atoms with Crippen LogP contribution in [0.25, 0.3) is 17.7 Å². The Labute approximate surface area is 183 Å². The van der Waals surface area contributed by atoms with Crippen LogP contribution in [0.15, 0.2) is 48.0 Å². The average Bonchev–Trinajstić information content (AvgIpc) is 3.49. The van der Waals surface area contributed by atoms with Crippen LogP contribution in [0.5, 0.6) is 5.75 Å². The number of nitrogens with one attached hydrogen (secondary N) is 3. The molecule has 1 aliphatic rings. The van der Waals surface area contributed by atoms with Gasteiger partial charge in [-0.3, -0.25) is 9.59 Å². The van der Waals surface area contributed by atoms with Crippen LogP contribution in [0, 0.1) is 0 Å². The predicted octanol–water partition coefficient (Wildman–Crippen LogP) is 3.76. The molecule has 0 spiro atoms. The van der Waals surface area contributed by atoms with Crippen LogP contribution >= 0.6 is 11.3 Å². The summed E-state index contributed by atoms with van der Waals surface area (Å²) in [5.41, 5.74) is 3.58. The molecule has 2 aromatic heterocycles. The largest absolute Gasteiger partial charge is 0.495 e. The van der Waals surface area contributed by atoms with Crippen molar-refractivity contribution in [3.05, 3.63) is 69.7 Å². The molecule has 0 saturated carbocycles. The van der Waals surface area contributed by atoms with Crippen molar-refractivity contribution in [1.29, 1.82) is 0 Å². The number of fused-ring (bicyclic) bond motifs is 1. The number of aliphatic hydroxyl groups is 1. The van der Waals surface area contributed by atoms with Gasteiger partial charge in [0.05, 0.1) is 31.4 Å². The number of aliphatic hydroxyl groups excluding tert-OH is 1. The van der Waals surface area contributed by atoms with Crippen LogP contribution in [-0.4, -0.2) is 35.6 Å². The number of aromatic amines is 1. The summed E-state index contributed by atoms with van der Waals surface area (Å²) in [7, 11) is 1.56. The average molecular weight is 436 g/mol. The smallest absolute Gasteiger partial charge is 0.256 e. The molecule has 0 atom stereocenters. The number of rotatable bonds is 7. The number of hydrogen-bond donors (Lipinski definition) is 4. The number of amides is 2. The summed E-state index contributed by atoms with van der Waals surface area (Å²) in [5, 5.41) is 17.1. The Bertz CT molecular complexity index is 1180. The molecule has 0 fully saturated rings. The molecule has 8 heteroatoms. The lowest BCUT2D eigenvalue weighted by molar-refractivity contribution is -0.115. The highest BCUT2D eigenvalue weighted by Gasteiger charge is 2.28. The van der Waals surface area contributed by atoms with E-state index in [-0.39, 0.29) is 24.8 Å². The summed E-state index contributed by atoms with van der Waals surface area (Å²) in [4.78, 5) is 29.4. The zero-order chi connectivity index (χ0) is 21.8. The minimum absolute atomic E-state index is 0.158. The Morgan fingerprint density at radius 2 is 2.16 bits per heavy atom. The number of benzene rings is 1. The number of ether oxygens (including phenoxy) is 1. The van der Waals surface area contributed by atoms with Crippen LogP contribution in [-0.2, 0) is 16.0 Å². The molecule has 0 unspecified atom stereocenters. The fraction of sp³-hybridized carbons (Fsp3) is 0.130. The third kappa shape index (κ3) is 4.30. The summed E-state index contributed by atoms with van der Waals surface area (Å²) in [6.45, 7) is -0.170. The quantitative estimate of drug-likeness (QED) is 0.424. The molecule has 0 bridgehead atoms. The normalized spacial score (nSPS) is 14.1. The number of hydrogen-bond acceptors (Lipinski definition) is 5. The lowest BCUT2D eigenvalue weighted by atomic mass is 9.97. The molecular formula is C23H21N3O4S. The summed E-state index contributed by atoms with van der Waals surface area (Å²) in [6.07, 6.45) is 6.98. The van der Waals surface area contributed by atoms with Crippen LogP contribution < -0.4 is 15.4 Å². The molecule has 0 saturated heterocycles. The third-order valence-electron chi connectivity index (χ3n) is 4.83. The van der Waals surface area contributed by atoms with Gasteiger partial charge in [-0.15, -0.1) is 11.3 Å². The zero-order valence-electron chi connectivity index (χ0n) is 16.8. The molecule has 4 N–H and O–H groups in total. The summed E-state index contributed by atoms with van der Waals surface area (Å²) >= 11 is 1.52. The second-order valence-electron chi connectivity index (χ2n) is 6.81. The first kappa shape index (κ1) is 20.6. The molecule has 158 valence electrons. The molecule has 31 heavy (non-hydrogen) atoms. The van der Waals surface area contributed by atoms with Gasteiger partial charge in [-0.05, 0) is 35.7 Å². The topological polar surface area (TPSA) is 103 Å². The molecule has 1 aliphatic heterocycles. The van der Waals surface area contributed by atoms with Gasteiger partial charge in [-0.1, -0.05) is 18.2 Å². The Hall–Kier alpha value is -3.62. The first-order valence-electron chi connectivity index (χ1n) is 9.62. The van der Waals surface area contributed by atoms with Crippen molar-refractivity contribution < 1.29 is 19.4 Å². The zero-order valence-corrected chi connectivity index (χ0v) is 17.6. The maximum Gasteiger partial charge on any atom is 0.256 e. The number of carbonyl (C=O) groups excluding carboxylic acids is 2. The van der Waals surface area contributed by atoms with E-state index in [1.807, 2.05) is 17.5 Å². The number of thiophene rings is 1. The number of H-pyrrole nitrogens is 1. The fourth-order valence-electron chi connectivity index (χ4n) is 3.48. The van der Waals surface area contributed by atoms with Crippen LogP contribution in [0.2, 0.25) is 0 Å². The molecular weight excluding hydrogens is 414 g/mol. The van der Waals surface area contributed by atoms with Crippen molar-refractivity contribution >= 4 is 52.3 Å². The van der Waals surface area contributed by atoms with E-state index in [2.05, 4.69) is 15.6 Å². The van der Waals surface area contributed by atoms with E-state index in [0.717, 1.165) is 4.88 Å². The number of carbonyl (C=O) groups is 2. The molecule has 7 nitrogen and oxygen atoms in total. The molecule has 0 radical (unpaired) electrons. The minimum atomic E-state index is -0.257. The Kier molecular flexibility index (Phi) is 6.01. The second-order valence-corrected chi connectivity index (χ2v) is 7.84. The highest BCUT2D eigenvalue weighted by molar-refractivity contribution is 7.10. The first-order chi connectivity index (χ1) is 15.1. The lowest BCUT2D eigenvalue weighted by Crippen LogP contribution is -2.15. The minimum Gasteiger partial charge on any atom is -0.495 e. The number of anilines is 2. The number of aromatic nitrogens is 1. The van der Waals surface area contributed by atoms with Crippen molar-refractivity contribution in [3.63, 3.8) is 0 Å². The van der Waals surface area contributed by atoms with Gasteiger partial charge in [0.2, 0.25) is 5.91 Å². The Morgan fingerprint density at radius 3 is 2.90 bits per heavy atom. The van der Waals surface area contributed by atoms with Gasteiger partial charge in [0.25, 0.3) is 5.91 Å². The second kappa shape index (κ2) is 9.03. The van der Waals surface area contributed by atoms with E-state index in [1.54, 1.807) is 49.7 Å². The van der Waals surface area contributed by atoms with E-state index in [4.69, 9.17) is 4.74 Å². The molecule has 3 aromatic rings.